The first-order chi connectivity index (χ1) is 8.38. The van der Waals surface area contributed by atoms with Crippen molar-refractivity contribution in [2.75, 3.05) is 6.61 Å². The maximum absolute atomic E-state index is 13.9. The molecule has 1 aliphatic rings. The van der Waals surface area contributed by atoms with Crippen LogP contribution in [-0.4, -0.2) is 23.5 Å². The van der Waals surface area contributed by atoms with Gasteiger partial charge in [0.05, 0.1) is 10.8 Å². The Morgan fingerprint density at radius 3 is 2.83 bits per heavy atom. The predicted octanol–water partition coefficient (Wildman–Crippen LogP) is 2.20. The van der Waals surface area contributed by atoms with Gasteiger partial charge in [-0.1, -0.05) is 0 Å². The second-order valence-corrected chi connectivity index (χ2v) is 5.64. The molecule has 2 rings (SSSR count). The lowest BCUT2D eigenvalue weighted by atomic mass is 9.82. The van der Waals surface area contributed by atoms with Gasteiger partial charge in [0, 0.05) is 17.9 Å². The summed E-state index contributed by atoms with van der Waals surface area (Å²) in [6.07, 6.45) is 0.0402. The van der Waals surface area contributed by atoms with Crippen molar-refractivity contribution >= 4 is 17.2 Å². The smallest absolute Gasteiger partial charge is 0.259 e. The first-order valence-corrected chi connectivity index (χ1v) is 6.60. The van der Waals surface area contributed by atoms with Crippen molar-refractivity contribution in [3.05, 3.63) is 20.9 Å². The first kappa shape index (κ1) is 13.4. The van der Waals surface area contributed by atoms with Crippen LogP contribution in [0, 0.1) is 6.92 Å². The van der Waals surface area contributed by atoms with Crippen LogP contribution in [0.4, 0.5) is 8.78 Å². The third kappa shape index (κ3) is 2.03. The van der Waals surface area contributed by atoms with Crippen LogP contribution in [0.1, 0.15) is 44.4 Å². The van der Waals surface area contributed by atoms with Gasteiger partial charge in [0.15, 0.2) is 0 Å². The molecule has 0 aliphatic heterocycles. The van der Waals surface area contributed by atoms with Gasteiger partial charge in [-0.2, -0.15) is 0 Å². The van der Waals surface area contributed by atoms with E-state index >= 15 is 0 Å². The van der Waals surface area contributed by atoms with E-state index in [4.69, 9.17) is 10.8 Å². The Kier molecular flexibility index (Phi) is 3.42. The van der Waals surface area contributed by atoms with Crippen LogP contribution >= 0.6 is 11.3 Å². The third-order valence-electron chi connectivity index (χ3n) is 3.48. The van der Waals surface area contributed by atoms with E-state index in [1.807, 2.05) is 0 Å². The summed E-state index contributed by atoms with van der Waals surface area (Å²) in [5.74, 6) is -4.39. The SMILES string of the molecule is Cc1c(C(N)=O)sc2c1CCC(F)(F)C2CCO. The van der Waals surface area contributed by atoms with Gasteiger partial charge < -0.3 is 10.8 Å². The van der Waals surface area contributed by atoms with Crippen LogP contribution in [0.15, 0.2) is 0 Å². The average molecular weight is 275 g/mol. The first-order valence-electron chi connectivity index (χ1n) is 5.79. The van der Waals surface area contributed by atoms with E-state index in [1.54, 1.807) is 6.92 Å². The minimum absolute atomic E-state index is 0.0121. The molecule has 0 saturated heterocycles. The molecule has 0 aromatic carbocycles. The molecule has 1 heterocycles. The number of rotatable bonds is 3. The van der Waals surface area contributed by atoms with Gasteiger partial charge in [0.2, 0.25) is 0 Å². The second-order valence-electron chi connectivity index (χ2n) is 4.59. The maximum Gasteiger partial charge on any atom is 0.259 e. The third-order valence-corrected chi connectivity index (χ3v) is 4.94. The zero-order valence-electron chi connectivity index (χ0n) is 10.0. The Bertz CT molecular complexity index is 485. The lowest BCUT2D eigenvalue weighted by molar-refractivity contribution is -0.0462. The molecule has 18 heavy (non-hydrogen) atoms. The standard InChI is InChI=1S/C12H15F2NO2S/c1-6-7-2-4-12(13,14)8(3-5-16)10(7)18-9(6)11(15)17/h8,16H,2-5H2,1H3,(H2,15,17). The van der Waals surface area contributed by atoms with E-state index in [0.717, 1.165) is 22.5 Å². The molecule has 1 unspecified atom stereocenters. The van der Waals surface area contributed by atoms with E-state index in [2.05, 4.69) is 0 Å². The number of nitrogens with two attached hydrogens (primary N) is 1. The lowest BCUT2D eigenvalue weighted by Crippen LogP contribution is -2.31. The van der Waals surface area contributed by atoms with Crippen molar-refractivity contribution in [2.24, 2.45) is 5.73 Å². The van der Waals surface area contributed by atoms with E-state index in [9.17, 15) is 13.6 Å². The molecule has 6 heteroatoms. The van der Waals surface area contributed by atoms with Gasteiger partial charge >= 0.3 is 0 Å². The van der Waals surface area contributed by atoms with Crippen molar-refractivity contribution < 1.29 is 18.7 Å². The summed E-state index contributed by atoms with van der Waals surface area (Å²) in [5.41, 5.74) is 6.79. The second kappa shape index (κ2) is 4.59. The zero-order valence-corrected chi connectivity index (χ0v) is 10.8. The Balaban J connectivity index is 2.51. The summed E-state index contributed by atoms with van der Waals surface area (Å²) < 4.78 is 27.7. The summed E-state index contributed by atoms with van der Waals surface area (Å²) in [7, 11) is 0. The van der Waals surface area contributed by atoms with E-state index in [-0.39, 0.29) is 25.9 Å². The highest BCUT2D eigenvalue weighted by atomic mass is 32.1. The number of carbonyl (C=O) groups excluding carboxylic acids is 1. The molecule has 0 radical (unpaired) electrons. The summed E-state index contributed by atoms with van der Waals surface area (Å²) >= 11 is 1.05. The number of fused-ring (bicyclic) bond motifs is 1. The molecule has 3 nitrogen and oxygen atoms in total. The number of hydrogen-bond donors (Lipinski definition) is 2. The van der Waals surface area contributed by atoms with Crippen LogP contribution in [-0.2, 0) is 6.42 Å². The van der Waals surface area contributed by atoms with Crippen LogP contribution in [0.3, 0.4) is 0 Å². The molecule has 0 spiro atoms. The van der Waals surface area contributed by atoms with Crippen molar-refractivity contribution in [1.29, 1.82) is 0 Å². The fourth-order valence-electron chi connectivity index (χ4n) is 2.53. The highest BCUT2D eigenvalue weighted by Crippen LogP contribution is 2.49. The van der Waals surface area contributed by atoms with Gasteiger partial charge in [-0.05, 0) is 30.9 Å². The minimum atomic E-state index is -2.82. The minimum Gasteiger partial charge on any atom is -0.396 e. The molecule has 1 aromatic rings. The van der Waals surface area contributed by atoms with E-state index in [1.165, 1.54) is 0 Å². The number of alkyl halides is 2. The summed E-state index contributed by atoms with van der Waals surface area (Å²) in [5, 5.41) is 8.94. The summed E-state index contributed by atoms with van der Waals surface area (Å²) in [4.78, 5) is 12.1. The predicted molar refractivity (Wildman–Crippen MR) is 65.3 cm³/mol. The van der Waals surface area contributed by atoms with Gasteiger partial charge in [-0.25, -0.2) is 8.78 Å². The van der Waals surface area contributed by atoms with Crippen LogP contribution in [0.25, 0.3) is 0 Å². The maximum atomic E-state index is 13.9. The van der Waals surface area contributed by atoms with Gasteiger partial charge in [0.25, 0.3) is 11.8 Å². The number of hydrogen-bond acceptors (Lipinski definition) is 3. The Morgan fingerprint density at radius 1 is 1.61 bits per heavy atom. The topological polar surface area (TPSA) is 63.3 Å². The number of amides is 1. The summed E-state index contributed by atoms with van der Waals surface area (Å²) in [6.45, 7) is 1.46. The molecule has 100 valence electrons. The quantitative estimate of drug-likeness (QED) is 0.888. The lowest BCUT2D eigenvalue weighted by Gasteiger charge is -2.31. The van der Waals surface area contributed by atoms with Crippen LogP contribution in [0.2, 0.25) is 0 Å². The van der Waals surface area contributed by atoms with Crippen molar-refractivity contribution in [3.63, 3.8) is 0 Å². The van der Waals surface area contributed by atoms with Crippen molar-refractivity contribution in [2.45, 2.75) is 38.0 Å². The van der Waals surface area contributed by atoms with Gasteiger partial charge in [-0.3, -0.25) is 4.79 Å². The van der Waals surface area contributed by atoms with Crippen LogP contribution < -0.4 is 5.73 Å². The van der Waals surface area contributed by atoms with Crippen molar-refractivity contribution in [1.82, 2.24) is 0 Å². The van der Waals surface area contributed by atoms with Crippen LogP contribution in [0.5, 0.6) is 0 Å². The molecule has 1 amide bonds. The van der Waals surface area contributed by atoms with E-state index in [0.29, 0.717) is 9.75 Å². The highest BCUT2D eigenvalue weighted by Gasteiger charge is 2.45. The molecule has 1 aliphatic carbocycles. The monoisotopic (exact) mass is 275 g/mol. The number of carbonyl (C=O) groups is 1. The molecular formula is C12H15F2NO2S. The molecule has 0 bridgehead atoms. The number of halogens is 2. The molecule has 0 fully saturated rings. The largest absolute Gasteiger partial charge is 0.396 e. The zero-order chi connectivity index (χ0) is 13.5. The number of primary amides is 1. The highest BCUT2D eigenvalue weighted by molar-refractivity contribution is 7.14. The fourth-order valence-corrected chi connectivity index (χ4v) is 3.93. The molecule has 3 N–H and O–H groups in total. The average Bonchev–Trinajstić information content (AvgIpc) is 2.60. The van der Waals surface area contributed by atoms with Gasteiger partial charge in [0.1, 0.15) is 0 Å². The normalized spacial score (nSPS) is 21.7. The Morgan fingerprint density at radius 2 is 2.28 bits per heavy atom. The Labute approximate surface area is 108 Å². The molecular weight excluding hydrogens is 260 g/mol. The fraction of sp³-hybridized carbons (Fsp3) is 0.583. The number of aliphatic hydroxyl groups is 1. The molecule has 0 saturated carbocycles. The number of thiophene rings is 1. The van der Waals surface area contributed by atoms with Gasteiger partial charge in [-0.15, -0.1) is 11.3 Å². The molecule has 1 atom stereocenters. The summed E-state index contributed by atoms with van der Waals surface area (Å²) in [6, 6.07) is 0. The Hall–Kier alpha value is -1.01. The number of aliphatic hydroxyl groups excluding tert-OH is 1. The van der Waals surface area contributed by atoms with Crippen molar-refractivity contribution in [3.8, 4) is 0 Å². The molecule has 1 aromatic heterocycles. The van der Waals surface area contributed by atoms with E-state index < -0.39 is 17.7 Å².